The van der Waals surface area contributed by atoms with E-state index in [-0.39, 0.29) is 18.6 Å². The first kappa shape index (κ1) is 19.4. The van der Waals surface area contributed by atoms with Crippen LogP contribution in [0, 0.1) is 0 Å². The fourth-order valence-corrected chi connectivity index (χ4v) is 3.88. The molecule has 2 aromatic heterocycles. The number of hydrogen-bond acceptors (Lipinski definition) is 6. The number of hydrogen-bond donors (Lipinski definition) is 3. The van der Waals surface area contributed by atoms with Crippen molar-refractivity contribution in [3.05, 3.63) is 60.3 Å². The van der Waals surface area contributed by atoms with E-state index in [1.807, 2.05) is 47.5 Å². The maximum absolute atomic E-state index is 12.4. The average molecular weight is 417 g/mol. The lowest BCUT2D eigenvalue weighted by atomic mass is 10.1. The van der Waals surface area contributed by atoms with Crippen LogP contribution in [0.4, 0.5) is 5.82 Å². The smallest absolute Gasteiger partial charge is 0.239 e. The molecule has 1 aliphatic rings. The molecule has 31 heavy (non-hydrogen) atoms. The van der Waals surface area contributed by atoms with Crippen LogP contribution in [-0.2, 0) is 11.3 Å². The number of carbonyl (C=O) groups excluding carboxylic acids is 1. The van der Waals surface area contributed by atoms with Crippen LogP contribution in [0.3, 0.4) is 0 Å². The van der Waals surface area contributed by atoms with Crippen LogP contribution < -0.4 is 5.32 Å². The molecule has 1 fully saturated rings. The molecule has 1 saturated heterocycles. The van der Waals surface area contributed by atoms with Crippen molar-refractivity contribution in [1.82, 2.24) is 30.1 Å². The number of likely N-dealkylation sites (tertiary alicyclic amines) is 1. The summed E-state index contributed by atoms with van der Waals surface area (Å²) in [5.41, 5.74) is 3.63. The largest absolute Gasteiger partial charge is 0.392 e. The highest BCUT2D eigenvalue weighted by atomic mass is 16.3. The van der Waals surface area contributed by atoms with Gasteiger partial charge in [-0.1, -0.05) is 41.6 Å². The van der Waals surface area contributed by atoms with Crippen molar-refractivity contribution in [2.45, 2.75) is 19.1 Å². The number of H-pyrrole nitrogens is 1. The molecule has 0 saturated carbocycles. The quantitative estimate of drug-likeness (QED) is 0.442. The monoisotopic (exact) mass is 417 g/mol. The molecule has 9 heteroatoms. The van der Waals surface area contributed by atoms with Crippen LogP contribution in [0.1, 0.15) is 12.0 Å². The number of carbonyl (C=O) groups is 1. The molecular weight excluding hydrogens is 394 g/mol. The summed E-state index contributed by atoms with van der Waals surface area (Å²) in [6.45, 7) is 2.13. The Kier molecular flexibility index (Phi) is 5.19. The highest BCUT2D eigenvalue weighted by molar-refractivity contribution is 6.01. The van der Waals surface area contributed by atoms with E-state index in [1.165, 1.54) is 0 Å². The molecule has 1 aliphatic heterocycles. The third kappa shape index (κ3) is 4.32. The molecule has 4 aromatic rings. The van der Waals surface area contributed by atoms with Gasteiger partial charge in [0, 0.05) is 24.0 Å². The molecule has 0 spiro atoms. The Hall–Kier alpha value is -3.56. The number of nitrogens with one attached hydrogen (secondary N) is 2. The topological polar surface area (TPSA) is 112 Å². The molecular formula is C22H23N7O2. The highest BCUT2D eigenvalue weighted by Gasteiger charge is 2.22. The Labute approximate surface area is 178 Å². The van der Waals surface area contributed by atoms with Gasteiger partial charge in [0.25, 0.3) is 0 Å². The second-order valence-corrected chi connectivity index (χ2v) is 7.85. The van der Waals surface area contributed by atoms with Crippen molar-refractivity contribution in [3.8, 4) is 11.3 Å². The first-order chi connectivity index (χ1) is 15.1. The lowest BCUT2D eigenvalue weighted by molar-refractivity contribution is -0.117. The summed E-state index contributed by atoms with van der Waals surface area (Å²) in [5, 5.41) is 29.1. The molecule has 3 N–H and O–H groups in total. The zero-order valence-corrected chi connectivity index (χ0v) is 16.9. The van der Waals surface area contributed by atoms with Gasteiger partial charge < -0.3 is 10.4 Å². The van der Waals surface area contributed by atoms with Gasteiger partial charge in [-0.25, -0.2) is 4.68 Å². The first-order valence-electron chi connectivity index (χ1n) is 10.3. The molecule has 1 unspecified atom stereocenters. The van der Waals surface area contributed by atoms with Gasteiger partial charge in [0.2, 0.25) is 5.91 Å². The Bertz CT molecular complexity index is 1200. The number of benzene rings is 2. The minimum absolute atomic E-state index is 0.151. The van der Waals surface area contributed by atoms with Crippen LogP contribution in [0.25, 0.3) is 22.2 Å². The van der Waals surface area contributed by atoms with E-state index in [1.54, 1.807) is 4.68 Å². The maximum atomic E-state index is 12.4. The number of fused-ring (bicyclic) bond motifs is 1. The second kappa shape index (κ2) is 8.29. The van der Waals surface area contributed by atoms with Crippen molar-refractivity contribution in [3.63, 3.8) is 0 Å². The minimum Gasteiger partial charge on any atom is -0.392 e. The van der Waals surface area contributed by atoms with E-state index >= 15 is 0 Å². The van der Waals surface area contributed by atoms with Gasteiger partial charge in [-0.05, 0) is 24.1 Å². The Balaban J connectivity index is 1.32. The van der Waals surface area contributed by atoms with Crippen LogP contribution in [0.5, 0.6) is 0 Å². The number of amides is 1. The van der Waals surface area contributed by atoms with Crippen molar-refractivity contribution in [2.75, 3.05) is 25.0 Å². The van der Waals surface area contributed by atoms with Gasteiger partial charge in [0.1, 0.15) is 5.69 Å². The fourth-order valence-electron chi connectivity index (χ4n) is 3.88. The number of anilines is 1. The predicted molar refractivity (Wildman–Crippen MR) is 116 cm³/mol. The molecule has 5 rings (SSSR count). The summed E-state index contributed by atoms with van der Waals surface area (Å²) >= 11 is 0. The summed E-state index contributed by atoms with van der Waals surface area (Å²) in [6.07, 6.45) is 2.26. The minimum atomic E-state index is -0.350. The van der Waals surface area contributed by atoms with Crippen molar-refractivity contribution < 1.29 is 9.90 Å². The molecule has 1 amide bonds. The van der Waals surface area contributed by atoms with Gasteiger partial charge in [-0.3, -0.25) is 14.8 Å². The fraction of sp³-hybridized carbons (Fsp3) is 0.273. The van der Waals surface area contributed by atoms with E-state index < -0.39 is 0 Å². The standard InChI is InChI=1S/C22H23N7O2/c30-17-8-9-28(12-17)14-21(31)23-22-18-10-16(6-7-19(18)24-26-22)20-13-29(27-25-20)11-15-4-2-1-3-5-15/h1-7,10,13,17,30H,8-9,11-12,14H2,(H2,23,24,26,31). The molecule has 3 heterocycles. The van der Waals surface area contributed by atoms with Crippen LogP contribution in [0.2, 0.25) is 0 Å². The predicted octanol–water partition coefficient (Wildman–Crippen LogP) is 1.87. The summed E-state index contributed by atoms with van der Waals surface area (Å²) in [4.78, 5) is 14.4. The molecule has 9 nitrogen and oxygen atoms in total. The number of rotatable bonds is 6. The molecule has 0 aliphatic carbocycles. The zero-order chi connectivity index (χ0) is 21.2. The Morgan fingerprint density at radius 2 is 2.10 bits per heavy atom. The molecule has 1 atom stereocenters. The first-order valence-corrected chi connectivity index (χ1v) is 10.3. The van der Waals surface area contributed by atoms with Crippen molar-refractivity contribution in [2.24, 2.45) is 0 Å². The second-order valence-electron chi connectivity index (χ2n) is 7.85. The number of aliphatic hydroxyl groups is 1. The van der Waals surface area contributed by atoms with Gasteiger partial charge in [-0.15, -0.1) is 5.10 Å². The van der Waals surface area contributed by atoms with Gasteiger partial charge in [0.15, 0.2) is 5.82 Å². The van der Waals surface area contributed by atoms with Crippen LogP contribution >= 0.6 is 0 Å². The number of aromatic nitrogens is 5. The number of aliphatic hydroxyl groups excluding tert-OH is 1. The van der Waals surface area contributed by atoms with Gasteiger partial charge in [-0.2, -0.15) is 5.10 Å². The molecule has 158 valence electrons. The Morgan fingerprint density at radius 1 is 1.23 bits per heavy atom. The molecule has 2 aromatic carbocycles. The van der Waals surface area contributed by atoms with E-state index in [4.69, 9.17) is 0 Å². The van der Waals surface area contributed by atoms with Gasteiger partial charge >= 0.3 is 0 Å². The average Bonchev–Trinajstić information content (AvgIpc) is 3.49. The molecule has 0 radical (unpaired) electrons. The van der Waals surface area contributed by atoms with E-state index in [0.717, 1.165) is 34.3 Å². The Morgan fingerprint density at radius 3 is 2.90 bits per heavy atom. The third-order valence-electron chi connectivity index (χ3n) is 5.46. The highest BCUT2D eigenvalue weighted by Crippen LogP contribution is 2.26. The van der Waals surface area contributed by atoms with Gasteiger partial charge in [0.05, 0.1) is 30.9 Å². The van der Waals surface area contributed by atoms with Crippen LogP contribution in [0.15, 0.2) is 54.7 Å². The summed E-state index contributed by atoms with van der Waals surface area (Å²) in [7, 11) is 0. The van der Waals surface area contributed by atoms with Crippen LogP contribution in [-0.4, -0.2) is 66.8 Å². The van der Waals surface area contributed by atoms with E-state index in [0.29, 0.717) is 25.3 Å². The molecule has 0 bridgehead atoms. The summed E-state index contributed by atoms with van der Waals surface area (Å²) in [5.74, 6) is 0.333. The van der Waals surface area contributed by atoms with E-state index in [9.17, 15) is 9.90 Å². The lowest BCUT2D eigenvalue weighted by Gasteiger charge is -2.13. The van der Waals surface area contributed by atoms with Crippen molar-refractivity contribution in [1.29, 1.82) is 0 Å². The SMILES string of the molecule is O=C(CN1CCC(O)C1)Nc1n[nH]c2ccc(-c3cn(Cc4ccccc4)nn3)cc12. The lowest BCUT2D eigenvalue weighted by Crippen LogP contribution is -2.32. The number of β-amino-alcohol motifs (C(OH)–C–C–N with tert-alkyl or cyclic N) is 1. The maximum Gasteiger partial charge on any atom is 0.239 e. The zero-order valence-electron chi connectivity index (χ0n) is 16.9. The summed E-state index contributed by atoms with van der Waals surface area (Å²) < 4.78 is 1.80. The normalized spacial score (nSPS) is 16.7. The third-order valence-corrected chi connectivity index (χ3v) is 5.46. The summed E-state index contributed by atoms with van der Waals surface area (Å²) in [6, 6.07) is 15.9. The number of aromatic amines is 1. The van der Waals surface area contributed by atoms with E-state index in [2.05, 4.69) is 38.0 Å². The van der Waals surface area contributed by atoms with Crippen molar-refractivity contribution >= 4 is 22.6 Å². The number of nitrogens with zero attached hydrogens (tertiary/aromatic N) is 5.